The number of hydrogen-bond acceptors (Lipinski definition) is 10. The molecule has 0 spiro atoms. The Kier molecular flexibility index (Phi) is 8.97. The number of benzene rings is 2. The second kappa shape index (κ2) is 12.8. The molecule has 0 atom stereocenters. The summed E-state index contributed by atoms with van der Waals surface area (Å²) < 4.78 is 34.3. The van der Waals surface area contributed by atoms with Crippen molar-refractivity contribution < 1.29 is 22.7 Å². The van der Waals surface area contributed by atoms with Crippen LogP contribution in [0.5, 0.6) is 5.75 Å². The highest BCUT2D eigenvalue weighted by Crippen LogP contribution is 2.29. The van der Waals surface area contributed by atoms with E-state index in [1.807, 2.05) is 18.2 Å². The number of thiazole rings is 1. The van der Waals surface area contributed by atoms with Crippen LogP contribution in [0.15, 0.2) is 70.2 Å². The number of ether oxygens (including phenoxy) is 1. The SMILES string of the molecule is COc1ccccc1-n1c(CNC(=O)c2ccc(S(=O)(=O)N3CCCC3)cc2)nnc1SCC(=O)Nc1nccs1. The number of hydrogen-bond donors (Lipinski definition) is 2. The van der Waals surface area contributed by atoms with Gasteiger partial charge < -0.3 is 15.4 Å². The second-order valence-electron chi connectivity index (χ2n) is 8.90. The van der Waals surface area contributed by atoms with Crippen molar-refractivity contribution in [3.63, 3.8) is 0 Å². The van der Waals surface area contributed by atoms with Crippen LogP contribution >= 0.6 is 23.1 Å². The highest BCUT2D eigenvalue weighted by molar-refractivity contribution is 7.99. The number of rotatable bonds is 11. The van der Waals surface area contributed by atoms with Gasteiger partial charge in [0.1, 0.15) is 5.75 Å². The molecular formula is C26H27N7O5S3. The summed E-state index contributed by atoms with van der Waals surface area (Å²) in [5, 5.41) is 16.8. The van der Waals surface area contributed by atoms with Gasteiger partial charge in [0.2, 0.25) is 15.9 Å². The van der Waals surface area contributed by atoms with E-state index < -0.39 is 15.9 Å². The second-order valence-corrected chi connectivity index (χ2v) is 12.7. The number of amides is 2. The monoisotopic (exact) mass is 613 g/mol. The number of thioether (sulfide) groups is 1. The summed E-state index contributed by atoms with van der Waals surface area (Å²) in [5.74, 6) is 0.389. The molecule has 2 N–H and O–H groups in total. The Labute approximate surface area is 245 Å². The third-order valence-corrected chi connectivity index (χ3v) is 9.79. The van der Waals surface area contributed by atoms with Gasteiger partial charge in [0.25, 0.3) is 5.91 Å². The zero-order valence-electron chi connectivity index (χ0n) is 22.0. The molecular weight excluding hydrogens is 587 g/mol. The minimum atomic E-state index is -3.57. The van der Waals surface area contributed by atoms with E-state index in [1.54, 1.807) is 29.3 Å². The number of aromatic nitrogens is 4. The predicted molar refractivity (Wildman–Crippen MR) is 155 cm³/mol. The topological polar surface area (TPSA) is 148 Å². The molecule has 4 aromatic rings. The molecule has 2 aromatic heterocycles. The van der Waals surface area contributed by atoms with Gasteiger partial charge in [0.05, 0.1) is 30.0 Å². The van der Waals surface area contributed by atoms with Crippen molar-refractivity contribution >= 4 is 50.1 Å². The van der Waals surface area contributed by atoms with E-state index in [0.29, 0.717) is 46.2 Å². The van der Waals surface area contributed by atoms with Gasteiger partial charge in [-0.3, -0.25) is 14.2 Å². The van der Waals surface area contributed by atoms with E-state index in [1.165, 1.54) is 51.7 Å². The van der Waals surface area contributed by atoms with Gasteiger partial charge in [-0.15, -0.1) is 21.5 Å². The van der Waals surface area contributed by atoms with Crippen molar-refractivity contribution in [3.05, 3.63) is 71.5 Å². The van der Waals surface area contributed by atoms with Gasteiger partial charge in [0, 0.05) is 30.2 Å². The molecule has 214 valence electrons. The largest absolute Gasteiger partial charge is 0.495 e. The van der Waals surface area contributed by atoms with Crippen molar-refractivity contribution in [2.75, 3.05) is 31.3 Å². The third kappa shape index (κ3) is 6.59. The van der Waals surface area contributed by atoms with Crippen molar-refractivity contribution in [1.29, 1.82) is 0 Å². The first-order valence-corrected chi connectivity index (χ1v) is 16.0. The summed E-state index contributed by atoms with van der Waals surface area (Å²) >= 11 is 2.50. The summed E-state index contributed by atoms with van der Waals surface area (Å²) in [6.45, 7) is 1.03. The maximum absolute atomic E-state index is 13.0. The van der Waals surface area contributed by atoms with Gasteiger partial charge in [-0.2, -0.15) is 4.31 Å². The fraction of sp³-hybridized carbons (Fsp3) is 0.269. The normalized spacial score (nSPS) is 13.7. The molecule has 0 saturated carbocycles. The third-order valence-electron chi connectivity index (χ3n) is 6.26. The van der Waals surface area contributed by atoms with Crippen LogP contribution < -0.4 is 15.4 Å². The molecule has 1 aliphatic rings. The van der Waals surface area contributed by atoms with Crippen LogP contribution in [0.2, 0.25) is 0 Å². The molecule has 1 fully saturated rings. The van der Waals surface area contributed by atoms with E-state index in [2.05, 4.69) is 25.8 Å². The molecule has 0 unspecified atom stereocenters. The Morgan fingerprint density at radius 2 is 1.83 bits per heavy atom. The minimum absolute atomic E-state index is 0.0174. The molecule has 0 radical (unpaired) electrons. The summed E-state index contributed by atoms with van der Waals surface area (Å²) in [5.41, 5.74) is 0.950. The Bertz CT molecular complexity index is 1620. The minimum Gasteiger partial charge on any atom is -0.495 e. The molecule has 2 amide bonds. The maximum Gasteiger partial charge on any atom is 0.251 e. The first kappa shape index (κ1) is 28.7. The molecule has 41 heavy (non-hydrogen) atoms. The van der Waals surface area contributed by atoms with Gasteiger partial charge in [0.15, 0.2) is 16.1 Å². The van der Waals surface area contributed by atoms with Crippen LogP contribution in [0.25, 0.3) is 5.69 Å². The average molecular weight is 614 g/mol. The number of para-hydroxylation sites is 2. The van der Waals surface area contributed by atoms with Crippen LogP contribution in [0.4, 0.5) is 5.13 Å². The van der Waals surface area contributed by atoms with Crippen molar-refractivity contribution in [3.8, 4) is 11.4 Å². The Hall–Kier alpha value is -3.79. The van der Waals surface area contributed by atoms with Crippen molar-refractivity contribution in [1.82, 2.24) is 29.4 Å². The van der Waals surface area contributed by atoms with Gasteiger partial charge in [-0.05, 0) is 49.2 Å². The number of nitrogens with zero attached hydrogens (tertiary/aromatic N) is 5. The first-order chi connectivity index (χ1) is 19.9. The van der Waals surface area contributed by atoms with Crippen molar-refractivity contribution in [2.24, 2.45) is 0 Å². The highest BCUT2D eigenvalue weighted by atomic mass is 32.2. The lowest BCUT2D eigenvalue weighted by molar-refractivity contribution is -0.113. The Morgan fingerprint density at radius 1 is 1.07 bits per heavy atom. The number of methoxy groups -OCH3 is 1. The zero-order chi connectivity index (χ0) is 28.8. The molecule has 0 bridgehead atoms. The smallest absolute Gasteiger partial charge is 0.251 e. The number of carbonyl (C=O) groups is 2. The lowest BCUT2D eigenvalue weighted by Crippen LogP contribution is -2.28. The van der Waals surface area contributed by atoms with Crippen molar-refractivity contribution in [2.45, 2.75) is 29.4 Å². The van der Waals surface area contributed by atoms with Crippen LogP contribution in [-0.2, 0) is 21.4 Å². The Morgan fingerprint density at radius 3 is 2.54 bits per heavy atom. The molecule has 2 aromatic carbocycles. The summed E-state index contributed by atoms with van der Waals surface area (Å²) in [4.78, 5) is 29.6. The van der Waals surface area contributed by atoms with Crippen LogP contribution in [0.3, 0.4) is 0 Å². The highest BCUT2D eigenvalue weighted by Gasteiger charge is 2.27. The zero-order valence-corrected chi connectivity index (χ0v) is 24.5. The molecule has 5 rings (SSSR count). The Balaban J connectivity index is 1.31. The fourth-order valence-corrected chi connectivity index (χ4v) is 7.08. The number of sulfonamides is 1. The predicted octanol–water partition coefficient (Wildman–Crippen LogP) is 3.18. The molecule has 12 nitrogen and oxygen atoms in total. The first-order valence-electron chi connectivity index (χ1n) is 12.6. The number of carbonyl (C=O) groups excluding carboxylic acids is 2. The number of nitrogens with one attached hydrogen (secondary N) is 2. The van der Waals surface area contributed by atoms with E-state index in [-0.39, 0.29) is 23.1 Å². The average Bonchev–Trinajstić information content (AvgIpc) is 3.78. The lowest BCUT2D eigenvalue weighted by Gasteiger charge is -2.15. The quantitative estimate of drug-likeness (QED) is 0.243. The molecule has 15 heteroatoms. The molecule has 1 saturated heterocycles. The van der Waals surface area contributed by atoms with E-state index >= 15 is 0 Å². The molecule has 0 aliphatic carbocycles. The van der Waals surface area contributed by atoms with E-state index in [0.717, 1.165) is 12.8 Å². The summed E-state index contributed by atoms with van der Waals surface area (Å²) in [6.07, 6.45) is 3.30. The standard InChI is InChI=1S/C26H27N7O5S3/c1-38-21-7-3-2-6-20(21)33-22(30-31-26(33)40-17-23(34)29-25-27-12-15-39-25)16-28-24(35)18-8-10-19(11-9-18)41(36,37)32-13-4-5-14-32/h2-3,6-12,15H,4-5,13-14,16-17H2,1H3,(H,28,35)(H,27,29,34). The van der Waals surface area contributed by atoms with E-state index in [9.17, 15) is 18.0 Å². The summed E-state index contributed by atoms with van der Waals surface area (Å²) in [7, 11) is -2.02. The molecule has 1 aliphatic heterocycles. The van der Waals surface area contributed by atoms with Crippen LogP contribution in [0.1, 0.15) is 29.0 Å². The summed E-state index contributed by atoms with van der Waals surface area (Å²) in [6, 6.07) is 13.2. The molecule has 3 heterocycles. The van der Waals surface area contributed by atoms with Gasteiger partial charge in [-0.25, -0.2) is 13.4 Å². The fourth-order valence-electron chi connectivity index (χ4n) is 4.25. The maximum atomic E-state index is 13.0. The van der Waals surface area contributed by atoms with E-state index in [4.69, 9.17) is 4.74 Å². The van der Waals surface area contributed by atoms with Crippen LogP contribution in [0, 0.1) is 0 Å². The van der Waals surface area contributed by atoms with Gasteiger partial charge in [-0.1, -0.05) is 23.9 Å². The number of anilines is 1. The van der Waals surface area contributed by atoms with Gasteiger partial charge >= 0.3 is 0 Å². The van der Waals surface area contributed by atoms with Crippen LogP contribution in [-0.4, -0.2) is 70.2 Å². The lowest BCUT2D eigenvalue weighted by atomic mass is 10.2.